The molecule has 7 nitrogen and oxygen atoms in total. The highest BCUT2D eigenvalue weighted by atomic mass is 35.5. The van der Waals surface area contributed by atoms with E-state index < -0.39 is 21.7 Å². The molecular formula is C19H21Cl3N4O3S. The molecule has 0 aromatic heterocycles. The minimum Gasteiger partial charge on any atom is -0.372 e. The summed E-state index contributed by atoms with van der Waals surface area (Å²) >= 11 is 17.9. The molecule has 0 saturated carbocycles. The van der Waals surface area contributed by atoms with Crippen LogP contribution in [-0.2, 0) is 14.8 Å². The first-order chi connectivity index (χ1) is 14.2. The number of hydrogen-bond donors (Lipinski definition) is 3. The van der Waals surface area contributed by atoms with E-state index in [1.165, 1.54) is 18.6 Å². The summed E-state index contributed by atoms with van der Waals surface area (Å²) in [5.74, 6) is -1.56. The zero-order chi connectivity index (χ0) is 21.7. The Balaban J connectivity index is 1.55. The summed E-state index contributed by atoms with van der Waals surface area (Å²) in [5.41, 5.74) is 6.44. The molecule has 1 aliphatic heterocycles. The van der Waals surface area contributed by atoms with E-state index in [1.54, 1.807) is 12.1 Å². The number of amides is 1. The third-order valence-corrected chi connectivity index (χ3v) is 6.52. The SMILES string of the molecule is O=C(CS(=O)(=O)Nc1ccc(N2CCCCC2)cc1)NNc1c(Cl)cc(Cl)cc1Cl. The van der Waals surface area contributed by atoms with E-state index in [1.807, 2.05) is 12.1 Å². The Bertz CT molecular complexity index is 987. The molecule has 162 valence electrons. The van der Waals surface area contributed by atoms with Gasteiger partial charge in [-0.15, -0.1) is 0 Å². The molecule has 1 amide bonds. The van der Waals surface area contributed by atoms with E-state index in [2.05, 4.69) is 20.5 Å². The fourth-order valence-corrected chi connectivity index (χ4v) is 5.01. The summed E-state index contributed by atoms with van der Waals surface area (Å²) in [6, 6.07) is 9.99. The van der Waals surface area contributed by atoms with Crippen LogP contribution in [0.4, 0.5) is 17.1 Å². The first-order valence-electron chi connectivity index (χ1n) is 9.28. The van der Waals surface area contributed by atoms with Crippen molar-refractivity contribution in [3.8, 4) is 0 Å². The molecule has 0 unspecified atom stereocenters. The van der Waals surface area contributed by atoms with Crippen LogP contribution in [0.3, 0.4) is 0 Å². The fourth-order valence-electron chi connectivity index (χ4n) is 3.11. The van der Waals surface area contributed by atoms with Crippen LogP contribution in [0.25, 0.3) is 0 Å². The first-order valence-corrected chi connectivity index (χ1v) is 12.1. The fraction of sp³-hybridized carbons (Fsp3) is 0.316. The molecule has 1 heterocycles. The largest absolute Gasteiger partial charge is 0.372 e. The molecule has 11 heteroatoms. The van der Waals surface area contributed by atoms with Crippen LogP contribution >= 0.6 is 34.8 Å². The number of nitrogens with one attached hydrogen (secondary N) is 3. The molecule has 0 aliphatic carbocycles. The maximum atomic E-state index is 12.3. The van der Waals surface area contributed by atoms with Gasteiger partial charge in [-0.1, -0.05) is 34.8 Å². The second kappa shape index (κ2) is 9.96. The lowest BCUT2D eigenvalue weighted by atomic mass is 10.1. The van der Waals surface area contributed by atoms with Gasteiger partial charge in [-0.3, -0.25) is 20.4 Å². The smallest absolute Gasteiger partial charge is 0.255 e. The summed E-state index contributed by atoms with van der Waals surface area (Å²) in [7, 11) is -3.91. The van der Waals surface area contributed by atoms with Gasteiger partial charge in [0.05, 0.1) is 15.7 Å². The molecule has 3 rings (SSSR count). The normalized spacial score (nSPS) is 14.3. The van der Waals surface area contributed by atoms with Crippen molar-refractivity contribution in [2.24, 2.45) is 0 Å². The molecule has 2 aromatic rings. The number of carbonyl (C=O) groups excluding carboxylic acids is 1. The molecule has 3 N–H and O–H groups in total. The molecule has 0 spiro atoms. The van der Waals surface area contributed by atoms with Crippen molar-refractivity contribution in [3.63, 3.8) is 0 Å². The summed E-state index contributed by atoms with van der Waals surface area (Å²) in [5, 5.41) is 0.699. The second-order valence-corrected chi connectivity index (χ2v) is 9.85. The van der Waals surface area contributed by atoms with Crippen molar-refractivity contribution in [3.05, 3.63) is 51.5 Å². The van der Waals surface area contributed by atoms with Crippen LogP contribution in [0.1, 0.15) is 19.3 Å². The summed E-state index contributed by atoms with van der Waals surface area (Å²) in [6.07, 6.45) is 3.55. The van der Waals surface area contributed by atoms with E-state index in [-0.39, 0.29) is 15.7 Å². The van der Waals surface area contributed by atoms with E-state index >= 15 is 0 Å². The first kappa shape index (κ1) is 22.8. The highest BCUT2D eigenvalue weighted by molar-refractivity contribution is 7.93. The number of hydrogen-bond acceptors (Lipinski definition) is 5. The van der Waals surface area contributed by atoms with Crippen LogP contribution in [-0.4, -0.2) is 33.2 Å². The third-order valence-electron chi connectivity index (χ3n) is 4.52. The Labute approximate surface area is 190 Å². The van der Waals surface area contributed by atoms with Crippen molar-refractivity contribution in [2.45, 2.75) is 19.3 Å². The van der Waals surface area contributed by atoms with E-state index in [9.17, 15) is 13.2 Å². The number of benzene rings is 2. The molecule has 1 saturated heterocycles. The summed E-state index contributed by atoms with van der Waals surface area (Å²) in [4.78, 5) is 14.3. The highest BCUT2D eigenvalue weighted by Crippen LogP contribution is 2.33. The van der Waals surface area contributed by atoms with Gasteiger partial charge in [0.2, 0.25) is 10.0 Å². The minimum atomic E-state index is -3.91. The topological polar surface area (TPSA) is 90.5 Å². The lowest BCUT2D eigenvalue weighted by Gasteiger charge is -2.28. The summed E-state index contributed by atoms with van der Waals surface area (Å²) in [6.45, 7) is 2.00. The lowest BCUT2D eigenvalue weighted by Crippen LogP contribution is -2.36. The maximum absolute atomic E-state index is 12.3. The maximum Gasteiger partial charge on any atom is 0.255 e. The van der Waals surface area contributed by atoms with Crippen molar-refractivity contribution in [1.82, 2.24) is 5.43 Å². The van der Waals surface area contributed by atoms with Crippen LogP contribution in [0.15, 0.2) is 36.4 Å². The second-order valence-electron chi connectivity index (χ2n) is 6.87. The van der Waals surface area contributed by atoms with Crippen LogP contribution in [0.5, 0.6) is 0 Å². The molecule has 0 atom stereocenters. The average Bonchev–Trinajstić information content (AvgIpc) is 2.67. The predicted octanol–water partition coefficient (Wildman–Crippen LogP) is 4.52. The third kappa shape index (κ3) is 6.31. The number of nitrogens with zero attached hydrogens (tertiary/aromatic N) is 1. The van der Waals surface area contributed by atoms with E-state index in [0.717, 1.165) is 31.6 Å². The number of hydrazine groups is 1. The summed E-state index contributed by atoms with van der Waals surface area (Å²) < 4.78 is 27.0. The number of rotatable bonds is 7. The van der Waals surface area contributed by atoms with Gasteiger partial charge in [0.25, 0.3) is 5.91 Å². The Morgan fingerprint density at radius 1 is 0.967 bits per heavy atom. The van der Waals surface area contributed by atoms with Gasteiger partial charge >= 0.3 is 0 Å². The Kier molecular flexibility index (Phi) is 7.57. The van der Waals surface area contributed by atoms with E-state index in [0.29, 0.717) is 10.7 Å². The molecule has 0 radical (unpaired) electrons. The lowest BCUT2D eigenvalue weighted by molar-refractivity contribution is -0.118. The van der Waals surface area contributed by atoms with Gasteiger partial charge in [0.1, 0.15) is 5.75 Å². The van der Waals surface area contributed by atoms with Crippen LogP contribution in [0, 0.1) is 0 Å². The Morgan fingerprint density at radius 3 is 2.17 bits per heavy atom. The predicted molar refractivity (Wildman–Crippen MR) is 123 cm³/mol. The number of piperidine rings is 1. The van der Waals surface area contributed by atoms with Gasteiger partial charge in [0, 0.05) is 29.5 Å². The van der Waals surface area contributed by atoms with Gasteiger partial charge in [-0.25, -0.2) is 8.42 Å². The number of sulfonamides is 1. The average molecular weight is 492 g/mol. The molecule has 1 fully saturated rings. The number of carbonyl (C=O) groups is 1. The van der Waals surface area contributed by atoms with Gasteiger partial charge in [-0.2, -0.15) is 0 Å². The molecule has 30 heavy (non-hydrogen) atoms. The highest BCUT2D eigenvalue weighted by Gasteiger charge is 2.18. The molecule has 1 aliphatic rings. The zero-order valence-corrected chi connectivity index (χ0v) is 19.0. The Hall–Kier alpha value is -1.87. The van der Waals surface area contributed by atoms with Gasteiger partial charge in [0.15, 0.2) is 0 Å². The van der Waals surface area contributed by atoms with Crippen LogP contribution < -0.4 is 20.5 Å². The monoisotopic (exact) mass is 490 g/mol. The quantitative estimate of drug-likeness (QED) is 0.495. The zero-order valence-electron chi connectivity index (χ0n) is 15.9. The molecular weight excluding hydrogens is 471 g/mol. The van der Waals surface area contributed by atoms with Gasteiger partial charge in [-0.05, 0) is 55.7 Å². The Morgan fingerprint density at radius 2 is 1.57 bits per heavy atom. The van der Waals surface area contributed by atoms with Crippen molar-refractivity contribution in [2.75, 3.05) is 33.9 Å². The molecule has 0 bridgehead atoms. The van der Waals surface area contributed by atoms with Crippen molar-refractivity contribution >= 4 is 67.8 Å². The standard InChI is InChI=1S/C19H21Cl3N4O3S/c20-13-10-16(21)19(17(22)11-13)24-23-18(27)12-30(28,29)25-14-4-6-15(7-5-14)26-8-2-1-3-9-26/h4-7,10-11,24-25H,1-3,8-9,12H2,(H,23,27). The van der Waals surface area contributed by atoms with E-state index in [4.69, 9.17) is 34.8 Å². The molecule has 2 aromatic carbocycles. The van der Waals surface area contributed by atoms with Gasteiger partial charge < -0.3 is 4.90 Å². The minimum absolute atomic E-state index is 0.183. The van der Waals surface area contributed by atoms with Crippen LogP contribution in [0.2, 0.25) is 15.1 Å². The van der Waals surface area contributed by atoms with Crippen molar-refractivity contribution < 1.29 is 13.2 Å². The number of anilines is 3. The number of halogens is 3. The van der Waals surface area contributed by atoms with Crippen molar-refractivity contribution in [1.29, 1.82) is 0 Å².